The fourth-order valence-electron chi connectivity index (χ4n) is 6.52. The molecule has 0 fully saturated rings. The SMILES string of the molecule is CCCCCCCCOc1cc(C(C)(C)C)ccc1S(=O)(=O)Nc1ccc(O)c(S(=O)(=O)Nc2ccc(-c3nc4n(n3)N=C(C(C)(C)C)/C4=N/c3cc(Cl)c(O)c(Cl)c3)cc2)c1. The van der Waals surface area contributed by atoms with Gasteiger partial charge in [0, 0.05) is 16.7 Å². The van der Waals surface area contributed by atoms with Gasteiger partial charge in [0.05, 0.1) is 33.7 Å². The van der Waals surface area contributed by atoms with Crippen molar-refractivity contribution in [3.8, 4) is 28.6 Å². The summed E-state index contributed by atoms with van der Waals surface area (Å²) in [6, 6.07) is 17.5. The number of fused-ring (bicyclic) bond motifs is 1. The Bertz CT molecular complexity index is 2740. The first-order valence-electron chi connectivity index (χ1n) is 20.2. The Hall–Kier alpha value is -5.16. The van der Waals surface area contributed by atoms with Gasteiger partial charge >= 0.3 is 0 Å². The maximum absolute atomic E-state index is 13.9. The summed E-state index contributed by atoms with van der Waals surface area (Å²) in [5, 5.41) is 30.0. The van der Waals surface area contributed by atoms with Crippen LogP contribution in [0.25, 0.3) is 11.4 Å². The van der Waals surface area contributed by atoms with E-state index in [-0.39, 0.29) is 49.1 Å². The summed E-state index contributed by atoms with van der Waals surface area (Å²) in [4.78, 5) is 10.1. The van der Waals surface area contributed by atoms with Crippen LogP contribution in [-0.2, 0) is 25.5 Å². The monoisotopic (exact) mass is 923 g/mol. The summed E-state index contributed by atoms with van der Waals surface area (Å²) in [6.07, 6.45) is 6.27. The quantitative estimate of drug-likeness (QED) is 0.0549. The molecule has 2 heterocycles. The van der Waals surface area contributed by atoms with Crippen molar-refractivity contribution < 1.29 is 31.8 Å². The van der Waals surface area contributed by atoms with Gasteiger partial charge in [-0.3, -0.25) is 9.44 Å². The van der Waals surface area contributed by atoms with Crippen molar-refractivity contribution in [2.45, 2.75) is 102 Å². The van der Waals surface area contributed by atoms with E-state index in [1.165, 1.54) is 47.6 Å². The molecule has 62 heavy (non-hydrogen) atoms. The molecule has 4 N–H and O–H groups in total. The number of phenols is 2. The first-order chi connectivity index (χ1) is 29.1. The van der Waals surface area contributed by atoms with Crippen LogP contribution in [0, 0.1) is 5.41 Å². The van der Waals surface area contributed by atoms with Gasteiger partial charge in [-0.1, -0.05) is 110 Å². The van der Waals surface area contributed by atoms with Crippen molar-refractivity contribution in [1.29, 1.82) is 0 Å². The molecule has 5 aromatic rings. The molecule has 0 amide bonds. The van der Waals surface area contributed by atoms with E-state index >= 15 is 0 Å². The van der Waals surface area contributed by atoms with Crippen molar-refractivity contribution in [3.63, 3.8) is 0 Å². The van der Waals surface area contributed by atoms with E-state index in [0.717, 1.165) is 49.8 Å². The number of hydrogen-bond donors (Lipinski definition) is 4. The lowest BCUT2D eigenvalue weighted by Crippen LogP contribution is -2.27. The number of unbranched alkanes of at least 4 members (excludes halogenated alkanes) is 5. The topological polar surface area (TPSA) is 197 Å². The summed E-state index contributed by atoms with van der Waals surface area (Å²) in [5.74, 6) is -0.0152. The standard InChI is InChI=1S/C44H51Cl2N7O7S2/c1-8-9-10-11-12-13-22-60-35-23-28(43(2,3)4)16-21-36(35)61(56,57)52-30-19-20-34(54)37(26-30)62(58,59)51-29-17-14-27(15-18-29)41-48-42-38(40(44(5,6)7)49-53(42)50-41)47-31-24-32(45)39(55)33(46)25-31/h14-21,23-26,51-52,54-55H,8-13,22H2,1-7H3/b47-38-. The summed E-state index contributed by atoms with van der Waals surface area (Å²) in [7, 11) is -8.73. The van der Waals surface area contributed by atoms with E-state index in [1.807, 2.05) is 41.5 Å². The van der Waals surface area contributed by atoms with E-state index in [9.17, 15) is 27.0 Å². The molecule has 1 aromatic heterocycles. The van der Waals surface area contributed by atoms with E-state index in [4.69, 9.17) is 37.9 Å². The molecular formula is C44H51Cl2N7O7S2. The molecule has 330 valence electrons. The minimum atomic E-state index is -4.44. The van der Waals surface area contributed by atoms with Gasteiger partial charge in [0.15, 0.2) is 11.6 Å². The molecule has 0 aliphatic carbocycles. The number of benzene rings is 4. The average Bonchev–Trinajstić information content (AvgIpc) is 3.76. The second kappa shape index (κ2) is 18.3. The van der Waals surface area contributed by atoms with E-state index in [1.54, 1.807) is 24.3 Å². The Morgan fingerprint density at radius 3 is 2.00 bits per heavy atom. The van der Waals surface area contributed by atoms with Gasteiger partial charge in [-0.2, -0.15) is 5.10 Å². The highest BCUT2D eigenvalue weighted by Crippen LogP contribution is 2.38. The highest BCUT2D eigenvalue weighted by Gasteiger charge is 2.35. The first kappa shape index (κ1) is 46.3. The lowest BCUT2D eigenvalue weighted by molar-refractivity contribution is 0.296. The number of halogens is 2. The predicted molar refractivity (Wildman–Crippen MR) is 246 cm³/mol. The highest BCUT2D eigenvalue weighted by molar-refractivity contribution is 7.93. The fraction of sp³-hybridized carbons (Fsp3) is 0.364. The van der Waals surface area contributed by atoms with Gasteiger partial charge in [0.2, 0.25) is 5.82 Å². The number of rotatable bonds is 16. The van der Waals surface area contributed by atoms with Gasteiger partial charge in [0.25, 0.3) is 20.0 Å². The molecule has 0 spiro atoms. The number of sulfonamides is 2. The summed E-state index contributed by atoms with van der Waals surface area (Å²) in [6.45, 7) is 14.5. The second-order valence-electron chi connectivity index (χ2n) is 17.1. The molecule has 0 atom stereocenters. The zero-order valence-corrected chi connectivity index (χ0v) is 38.8. The van der Waals surface area contributed by atoms with Crippen LogP contribution >= 0.6 is 23.2 Å². The lowest BCUT2D eigenvalue weighted by atomic mass is 9.87. The van der Waals surface area contributed by atoms with E-state index < -0.39 is 36.1 Å². The number of nitrogens with zero attached hydrogens (tertiary/aromatic N) is 5. The van der Waals surface area contributed by atoms with Gasteiger partial charge in [0.1, 0.15) is 27.0 Å². The van der Waals surface area contributed by atoms with Crippen LogP contribution < -0.4 is 14.2 Å². The molecule has 0 saturated heterocycles. The minimum Gasteiger partial charge on any atom is -0.507 e. The van der Waals surface area contributed by atoms with Crippen LogP contribution in [0.1, 0.15) is 98.4 Å². The normalized spacial score (nSPS) is 13.9. The molecule has 6 rings (SSSR count). The van der Waals surface area contributed by atoms with Crippen LogP contribution in [-0.4, -0.2) is 60.0 Å². The molecule has 0 bridgehead atoms. The summed E-state index contributed by atoms with van der Waals surface area (Å²) in [5.41, 5.74) is 2.17. The third-order valence-electron chi connectivity index (χ3n) is 9.93. The predicted octanol–water partition coefficient (Wildman–Crippen LogP) is 10.7. The number of nitrogens with one attached hydrogen (secondary N) is 2. The fourth-order valence-corrected chi connectivity index (χ4v) is 9.35. The molecule has 0 radical (unpaired) electrons. The number of aliphatic imine (C=N–C) groups is 1. The third-order valence-corrected chi connectivity index (χ3v) is 13.3. The zero-order valence-electron chi connectivity index (χ0n) is 35.6. The second-order valence-corrected chi connectivity index (χ2v) is 21.2. The summed E-state index contributed by atoms with van der Waals surface area (Å²) >= 11 is 12.3. The van der Waals surface area contributed by atoms with Crippen LogP contribution in [0.15, 0.2) is 92.7 Å². The minimum absolute atomic E-state index is 0.0329. The smallest absolute Gasteiger partial charge is 0.265 e. The molecule has 4 aromatic carbocycles. The number of anilines is 2. The Morgan fingerprint density at radius 2 is 1.35 bits per heavy atom. The Kier molecular flexibility index (Phi) is 13.7. The van der Waals surface area contributed by atoms with Crippen molar-refractivity contribution >= 4 is 71.7 Å². The van der Waals surface area contributed by atoms with Gasteiger partial charge in [-0.15, -0.1) is 9.89 Å². The van der Waals surface area contributed by atoms with Crippen molar-refractivity contribution in [3.05, 3.63) is 94.2 Å². The number of aromatic hydroxyl groups is 2. The Morgan fingerprint density at radius 1 is 0.742 bits per heavy atom. The lowest BCUT2D eigenvalue weighted by Gasteiger charge is -2.22. The average molecular weight is 925 g/mol. The van der Waals surface area contributed by atoms with Crippen molar-refractivity contribution in [2.24, 2.45) is 15.5 Å². The van der Waals surface area contributed by atoms with Gasteiger partial charge in [-0.05, 0) is 84.1 Å². The number of hydrogen-bond acceptors (Lipinski definition) is 11. The molecule has 1 aliphatic heterocycles. The van der Waals surface area contributed by atoms with Crippen LogP contribution in [0.3, 0.4) is 0 Å². The number of aromatic nitrogens is 3. The number of ether oxygens (including phenoxy) is 1. The first-order valence-corrected chi connectivity index (χ1v) is 23.9. The third kappa shape index (κ3) is 10.7. The van der Waals surface area contributed by atoms with E-state index in [2.05, 4.69) is 26.6 Å². The van der Waals surface area contributed by atoms with Crippen LogP contribution in [0.5, 0.6) is 17.2 Å². The molecule has 0 unspecified atom stereocenters. The molecule has 18 heteroatoms. The number of phenolic OH excluding ortho intramolecular Hbond substituents is 2. The zero-order chi connectivity index (χ0) is 45.2. The van der Waals surface area contributed by atoms with Crippen LogP contribution in [0.4, 0.5) is 17.1 Å². The Balaban J connectivity index is 1.20. The van der Waals surface area contributed by atoms with Crippen molar-refractivity contribution in [1.82, 2.24) is 14.9 Å². The van der Waals surface area contributed by atoms with E-state index in [0.29, 0.717) is 35.1 Å². The highest BCUT2D eigenvalue weighted by atomic mass is 35.5. The van der Waals surface area contributed by atoms with Gasteiger partial charge < -0.3 is 14.9 Å². The maximum atomic E-state index is 13.9. The van der Waals surface area contributed by atoms with Crippen molar-refractivity contribution in [2.75, 3.05) is 16.1 Å². The van der Waals surface area contributed by atoms with Crippen LogP contribution in [0.2, 0.25) is 10.0 Å². The molecule has 0 saturated carbocycles. The molecule has 1 aliphatic rings. The molecule has 14 nitrogen and oxygen atoms in total. The largest absolute Gasteiger partial charge is 0.507 e. The molecular weight excluding hydrogens is 874 g/mol. The van der Waals surface area contributed by atoms with Gasteiger partial charge in [-0.25, -0.2) is 26.8 Å². The Labute approximate surface area is 373 Å². The summed E-state index contributed by atoms with van der Waals surface area (Å²) < 4.78 is 66.1. The maximum Gasteiger partial charge on any atom is 0.265 e.